The summed E-state index contributed by atoms with van der Waals surface area (Å²) >= 11 is 0. The lowest BCUT2D eigenvalue weighted by atomic mass is 9.88. The summed E-state index contributed by atoms with van der Waals surface area (Å²) in [6.45, 7) is 3.22. The van der Waals surface area contributed by atoms with Crippen molar-refractivity contribution in [1.82, 2.24) is 4.90 Å². The molecule has 0 saturated heterocycles. The molecular formula is C20H27NO5. The fourth-order valence-corrected chi connectivity index (χ4v) is 3.59. The number of nitrogens with zero attached hydrogens (tertiary/aromatic N) is 1. The summed E-state index contributed by atoms with van der Waals surface area (Å²) in [5, 5.41) is 0. The van der Waals surface area contributed by atoms with Crippen molar-refractivity contribution in [1.29, 1.82) is 0 Å². The number of rotatable bonds is 7. The van der Waals surface area contributed by atoms with E-state index in [1.165, 1.54) is 6.42 Å². The van der Waals surface area contributed by atoms with Crippen molar-refractivity contribution in [2.75, 3.05) is 19.9 Å². The molecule has 6 heteroatoms. The van der Waals surface area contributed by atoms with E-state index in [4.69, 9.17) is 14.2 Å². The van der Waals surface area contributed by atoms with Gasteiger partial charge in [0.15, 0.2) is 11.5 Å². The highest BCUT2D eigenvalue weighted by molar-refractivity contribution is 5.79. The second-order valence-electron chi connectivity index (χ2n) is 6.84. The maximum absolute atomic E-state index is 13.0. The highest BCUT2D eigenvalue weighted by Crippen LogP contribution is 2.33. The standard InChI is InChI=1S/C20H27NO5/c1-2-24-19(22)10-11-21(20(23)16-6-4-3-5-7-16)13-15-8-9-17-18(12-15)26-14-25-17/h8-9,12,16H,2-7,10-11,13-14H2,1H3. The number of hydrogen-bond acceptors (Lipinski definition) is 5. The van der Waals surface area contributed by atoms with Crippen LogP contribution < -0.4 is 9.47 Å². The lowest BCUT2D eigenvalue weighted by Crippen LogP contribution is -2.38. The van der Waals surface area contributed by atoms with Gasteiger partial charge in [0.05, 0.1) is 13.0 Å². The summed E-state index contributed by atoms with van der Waals surface area (Å²) in [6.07, 6.45) is 5.51. The molecule has 2 aliphatic rings. The van der Waals surface area contributed by atoms with Crippen LogP contribution in [0.25, 0.3) is 0 Å². The van der Waals surface area contributed by atoms with Crippen LogP contribution in [0.5, 0.6) is 11.5 Å². The molecule has 1 amide bonds. The summed E-state index contributed by atoms with van der Waals surface area (Å²) in [5.41, 5.74) is 0.974. The van der Waals surface area contributed by atoms with Gasteiger partial charge in [-0.25, -0.2) is 0 Å². The van der Waals surface area contributed by atoms with Gasteiger partial charge in [-0.05, 0) is 37.5 Å². The molecule has 3 rings (SSSR count). The van der Waals surface area contributed by atoms with E-state index in [1.54, 1.807) is 11.8 Å². The molecule has 1 aliphatic carbocycles. The van der Waals surface area contributed by atoms with Crippen LogP contribution in [-0.4, -0.2) is 36.7 Å². The highest BCUT2D eigenvalue weighted by atomic mass is 16.7. The van der Waals surface area contributed by atoms with Crippen LogP contribution in [-0.2, 0) is 20.9 Å². The van der Waals surface area contributed by atoms with Gasteiger partial charge in [-0.2, -0.15) is 0 Å². The number of esters is 1. The normalized spacial score (nSPS) is 16.3. The Morgan fingerprint density at radius 2 is 1.92 bits per heavy atom. The van der Waals surface area contributed by atoms with Crippen molar-refractivity contribution in [2.45, 2.75) is 52.0 Å². The molecule has 1 saturated carbocycles. The summed E-state index contributed by atoms with van der Waals surface area (Å²) in [5.74, 6) is 1.38. The maximum Gasteiger partial charge on any atom is 0.307 e. The quantitative estimate of drug-likeness (QED) is 0.698. The third-order valence-electron chi connectivity index (χ3n) is 4.97. The Hall–Kier alpha value is -2.24. The molecule has 6 nitrogen and oxygen atoms in total. The van der Waals surface area contributed by atoms with E-state index >= 15 is 0 Å². The van der Waals surface area contributed by atoms with E-state index in [0.717, 1.165) is 37.0 Å². The molecule has 1 heterocycles. The highest BCUT2D eigenvalue weighted by Gasteiger charge is 2.27. The van der Waals surface area contributed by atoms with Crippen molar-refractivity contribution >= 4 is 11.9 Å². The summed E-state index contributed by atoms with van der Waals surface area (Å²) in [7, 11) is 0. The van der Waals surface area contributed by atoms with Crippen LogP contribution in [0.4, 0.5) is 0 Å². The molecule has 0 atom stereocenters. The third kappa shape index (κ3) is 4.68. The smallest absolute Gasteiger partial charge is 0.307 e. The molecule has 0 bridgehead atoms. The molecule has 0 radical (unpaired) electrons. The molecule has 1 fully saturated rings. The molecule has 26 heavy (non-hydrogen) atoms. The lowest BCUT2D eigenvalue weighted by molar-refractivity contribution is -0.145. The van der Waals surface area contributed by atoms with Gasteiger partial charge in [0.25, 0.3) is 0 Å². The molecule has 0 N–H and O–H groups in total. The van der Waals surface area contributed by atoms with Crippen molar-refractivity contribution in [2.24, 2.45) is 5.92 Å². The van der Waals surface area contributed by atoms with Crippen molar-refractivity contribution in [3.05, 3.63) is 23.8 Å². The SMILES string of the molecule is CCOC(=O)CCN(Cc1ccc2c(c1)OCO2)C(=O)C1CCCCC1. The van der Waals surface area contributed by atoms with E-state index in [1.807, 2.05) is 18.2 Å². The fourth-order valence-electron chi connectivity index (χ4n) is 3.59. The average molecular weight is 361 g/mol. The first-order valence-corrected chi connectivity index (χ1v) is 9.50. The van der Waals surface area contributed by atoms with Crippen LogP contribution >= 0.6 is 0 Å². The minimum Gasteiger partial charge on any atom is -0.466 e. The van der Waals surface area contributed by atoms with Crippen LogP contribution in [0.15, 0.2) is 18.2 Å². The molecule has 142 valence electrons. The summed E-state index contributed by atoms with van der Waals surface area (Å²) in [6, 6.07) is 5.72. The van der Waals surface area contributed by atoms with Gasteiger partial charge in [-0.3, -0.25) is 9.59 Å². The van der Waals surface area contributed by atoms with E-state index in [0.29, 0.717) is 25.4 Å². The Labute approximate surface area is 154 Å². The van der Waals surface area contributed by atoms with Gasteiger partial charge in [-0.1, -0.05) is 25.3 Å². The van der Waals surface area contributed by atoms with Crippen molar-refractivity contribution in [3.63, 3.8) is 0 Å². The molecular weight excluding hydrogens is 334 g/mol. The van der Waals surface area contributed by atoms with Crippen LogP contribution in [0, 0.1) is 5.92 Å². The molecule has 0 unspecified atom stereocenters. The Morgan fingerprint density at radius 1 is 1.15 bits per heavy atom. The van der Waals surface area contributed by atoms with Gasteiger partial charge in [-0.15, -0.1) is 0 Å². The van der Waals surface area contributed by atoms with E-state index in [9.17, 15) is 9.59 Å². The van der Waals surface area contributed by atoms with Crippen LogP contribution in [0.2, 0.25) is 0 Å². The molecule has 1 aromatic rings. The maximum atomic E-state index is 13.0. The van der Waals surface area contributed by atoms with E-state index < -0.39 is 0 Å². The number of amides is 1. The molecule has 1 aliphatic heterocycles. The average Bonchev–Trinajstić information content (AvgIpc) is 3.13. The topological polar surface area (TPSA) is 65.1 Å². The minimum absolute atomic E-state index is 0.0694. The van der Waals surface area contributed by atoms with Gasteiger partial charge < -0.3 is 19.1 Å². The fraction of sp³-hybridized carbons (Fsp3) is 0.600. The van der Waals surface area contributed by atoms with E-state index in [-0.39, 0.29) is 31.0 Å². The second-order valence-corrected chi connectivity index (χ2v) is 6.84. The third-order valence-corrected chi connectivity index (χ3v) is 4.97. The Bertz CT molecular complexity index is 639. The molecule has 0 spiro atoms. The predicted molar refractivity (Wildman–Crippen MR) is 95.8 cm³/mol. The number of carbonyl (C=O) groups excluding carboxylic acids is 2. The van der Waals surface area contributed by atoms with Crippen LogP contribution in [0.3, 0.4) is 0 Å². The number of carbonyl (C=O) groups is 2. The van der Waals surface area contributed by atoms with Crippen LogP contribution in [0.1, 0.15) is 51.0 Å². The van der Waals surface area contributed by atoms with E-state index in [2.05, 4.69) is 0 Å². The minimum atomic E-state index is -0.264. The van der Waals surface area contributed by atoms with Crippen molar-refractivity contribution < 1.29 is 23.8 Å². The molecule has 1 aromatic carbocycles. The first-order chi connectivity index (χ1) is 12.7. The summed E-state index contributed by atoms with van der Waals surface area (Å²) < 4.78 is 15.8. The first kappa shape index (κ1) is 18.5. The second kappa shape index (κ2) is 8.92. The lowest BCUT2D eigenvalue weighted by Gasteiger charge is -2.29. The molecule has 0 aromatic heterocycles. The first-order valence-electron chi connectivity index (χ1n) is 9.50. The summed E-state index contributed by atoms with van der Waals surface area (Å²) in [4.78, 5) is 26.6. The Kier molecular flexibility index (Phi) is 6.36. The zero-order valence-electron chi connectivity index (χ0n) is 15.4. The Morgan fingerprint density at radius 3 is 2.69 bits per heavy atom. The zero-order chi connectivity index (χ0) is 18.4. The van der Waals surface area contributed by atoms with Crippen molar-refractivity contribution in [3.8, 4) is 11.5 Å². The largest absolute Gasteiger partial charge is 0.466 e. The van der Waals surface area contributed by atoms with Gasteiger partial charge in [0, 0.05) is 19.0 Å². The zero-order valence-corrected chi connectivity index (χ0v) is 15.4. The number of fused-ring (bicyclic) bond motifs is 1. The van der Waals surface area contributed by atoms with Gasteiger partial charge >= 0.3 is 5.97 Å². The van der Waals surface area contributed by atoms with Gasteiger partial charge in [0.1, 0.15) is 0 Å². The number of benzene rings is 1. The Balaban J connectivity index is 1.68. The predicted octanol–water partition coefficient (Wildman–Crippen LogP) is 3.28. The monoisotopic (exact) mass is 361 g/mol. The van der Waals surface area contributed by atoms with Gasteiger partial charge in [0.2, 0.25) is 12.7 Å². The number of ether oxygens (including phenoxy) is 3. The number of hydrogen-bond donors (Lipinski definition) is 0.